The van der Waals surface area contributed by atoms with E-state index in [9.17, 15) is 95.9 Å². The molecule has 18 rings (SSSR count). The zero-order valence-electron chi connectivity index (χ0n) is 70.9. The lowest BCUT2D eigenvalue weighted by atomic mass is 9.85. The minimum absolute atomic E-state index is 0.00679. The van der Waals surface area contributed by atoms with Crippen LogP contribution in [0.15, 0.2) is 109 Å². The van der Waals surface area contributed by atoms with E-state index in [0.717, 1.165) is 44.9 Å². The van der Waals surface area contributed by atoms with E-state index in [1.54, 1.807) is 69.2 Å². The van der Waals surface area contributed by atoms with Gasteiger partial charge in [-0.3, -0.25) is 95.9 Å². The van der Waals surface area contributed by atoms with Gasteiger partial charge in [-0.05, 0) is 186 Å². The number of hydrogen-bond acceptors (Lipinski definition) is 20. The fraction of sp³-hybridized carbons (Fsp3) is 0.355. The Labute approximate surface area is 699 Å². The van der Waals surface area contributed by atoms with E-state index in [-0.39, 0.29) is 186 Å². The molecule has 0 atom stereocenters. The van der Waals surface area contributed by atoms with Crippen LogP contribution in [0.3, 0.4) is 0 Å². The molecule has 8 aliphatic carbocycles. The summed E-state index contributed by atoms with van der Waals surface area (Å²) in [4.78, 5) is 264. The molecule has 123 heavy (non-hydrogen) atoms. The molecule has 30 heteroatoms. The van der Waals surface area contributed by atoms with Gasteiger partial charge in [0.2, 0.25) is 56.7 Å². The maximum Gasteiger partial charge on any atom is 0.251 e. The number of carbonyl (C=O) groups is 10. The Hall–Kier alpha value is -13.8. The molecule has 10 aromatic rings. The third kappa shape index (κ3) is 15.7. The zero-order valence-corrected chi connectivity index (χ0v) is 70.9. The highest BCUT2D eigenvalue weighted by Gasteiger charge is 2.44. The van der Waals surface area contributed by atoms with Crippen LogP contribution in [0.2, 0.25) is 0 Å². The first kappa shape index (κ1) is 85.6. The summed E-state index contributed by atoms with van der Waals surface area (Å²) in [5, 5.41) is 0. The highest BCUT2D eigenvalue weighted by atomic mass is 16.2. The summed E-state index contributed by atoms with van der Waals surface area (Å²) in [6.45, 7) is 29.9. The first-order chi connectivity index (χ1) is 57.7. The first-order valence-electron chi connectivity index (χ1n) is 40.6. The van der Waals surface area contributed by atoms with Gasteiger partial charge in [-0.2, -0.15) is 0 Å². The Morgan fingerprint density at radius 3 is 0.813 bits per heavy atom. The number of pyridine rings is 10. The summed E-state index contributed by atoms with van der Waals surface area (Å²) in [5.74, 6) is -2.97. The van der Waals surface area contributed by atoms with Gasteiger partial charge in [-0.25, -0.2) is 0 Å². The van der Waals surface area contributed by atoms with Crippen molar-refractivity contribution in [2.24, 2.45) is 22.7 Å². The maximum atomic E-state index is 13.1. The minimum Gasteiger partial charge on any atom is -0.318 e. The quantitative estimate of drug-likeness (QED) is 0.0901. The fourth-order valence-electron chi connectivity index (χ4n) is 17.1. The Kier molecular flexibility index (Phi) is 21.8. The molecule has 3 fully saturated rings. The molecule has 0 saturated heterocycles. The number of rotatable bonds is 9. The molecule has 0 spiro atoms. The number of ketones is 10. The van der Waals surface area contributed by atoms with Gasteiger partial charge in [-0.1, -0.05) is 54.4 Å². The molecule has 0 aromatic carbocycles. The molecule has 10 heterocycles. The lowest BCUT2D eigenvalue weighted by molar-refractivity contribution is 0.0963. The molecule has 0 aliphatic heterocycles. The summed E-state index contributed by atoms with van der Waals surface area (Å²) in [7, 11) is 0. The van der Waals surface area contributed by atoms with E-state index >= 15 is 0 Å². The van der Waals surface area contributed by atoms with E-state index in [1.807, 2.05) is 41.5 Å². The Morgan fingerprint density at radius 1 is 0.268 bits per heavy atom. The lowest BCUT2D eigenvalue weighted by Crippen LogP contribution is -2.37. The summed E-state index contributed by atoms with van der Waals surface area (Å²) in [5.41, 5.74) is 3.67. The van der Waals surface area contributed by atoms with Gasteiger partial charge in [0, 0.05) is 92.9 Å². The molecular weight excluding hydrogens is 1580 g/mol. The summed E-state index contributed by atoms with van der Waals surface area (Å²) >= 11 is 0. The van der Waals surface area contributed by atoms with E-state index < -0.39 is 56.7 Å². The molecule has 3 saturated carbocycles. The summed E-state index contributed by atoms with van der Waals surface area (Å²) in [6, 6.07) is 13.5. The van der Waals surface area contributed by atoms with Crippen LogP contribution in [0.25, 0.3) is 0 Å². The number of aryl methyl sites for hydroxylation is 10. The van der Waals surface area contributed by atoms with Gasteiger partial charge in [0.15, 0.2) is 28.9 Å². The molecule has 5 N–H and O–H groups in total. The predicted octanol–water partition coefficient (Wildman–Crippen LogP) is 8.67. The van der Waals surface area contributed by atoms with Crippen LogP contribution in [0.5, 0.6) is 0 Å². The standard InChI is InChI=1S/C20H22N2O4.C19H18N2O4.C19H20N2O4.C18H16N2O4.C17H14N2O4/c1-10-8-12(23)21-16-14(10)18(25)15-11(2)9-13(24)22(17(15)19(16)26)7-6-20(3,4)5;1-9-7-12(22)20-16-14(9)18(24)15-10(2)8-13(23)21(17(15)19(16)25)6-5-11-3-4-11;1-9-6-11(22)20-15-13(9)17(24)14-10(2)7-12(23)21(8-19(3,4)5)16(14)18(15)25;1-8-5-11(21)19-15-13(8)17(23)14-9(2)6-12(22)20(7-10-3-4-10)16(14)18(15)24;1-7-5-10(20)18-14-12(7)16(22)13-8(2)6-11(21)19(9-3-4-9)15(13)17(14)23/h8-9H,6-7H2,1-5H3,(H,21,23);7-8,11H,3-6H2,1-2H3,(H,20,22);6-7H,8H2,1-5H3,(H,20,22);5-6,10H,3-4,7H2,1-2H3,(H,19,21);5-6,9H,3-4H2,1-2H3,(H,18,20). The number of hydrogen-bond donors (Lipinski definition) is 5. The van der Waals surface area contributed by atoms with Crippen molar-refractivity contribution in [3.05, 3.63) is 332 Å². The number of aromatic amines is 5. The Balaban J connectivity index is 0.000000125. The predicted molar refractivity (Wildman–Crippen MR) is 452 cm³/mol. The average Bonchev–Trinajstić information content (AvgIpc) is 1.36. The second-order valence-electron chi connectivity index (χ2n) is 35.7. The summed E-state index contributed by atoms with van der Waals surface area (Å²) < 4.78 is 6.96. The molecule has 30 nitrogen and oxygen atoms in total. The summed E-state index contributed by atoms with van der Waals surface area (Å²) in [6.07, 6.45) is 7.43. The molecule has 0 unspecified atom stereocenters. The van der Waals surface area contributed by atoms with Crippen LogP contribution in [0.4, 0.5) is 0 Å². The molecule has 10 aromatic heterocycles. The average molecular weight is 1670 g/mol. The van der Waals surface area contributed by atoms with Gasteiger partial charge in [0.1, 0.15) is 56.9 Å². The number of fused-ring (bicyclic) bond motifs is 10. The normalized spacial score (nSPS) is 15.1. The SMILES string of the molecule is Cc1cc(=O)[nH]c2c1C(=O)c1c(C)cc(=O)n(C3CC3)c1C2=O.Cc1cc(=O)[nH]c2c1C(=O)c1c(C)cc(=O)n(CC(C)(C)C)c1C2=O.Cc1cc(=O)[nH]c2c1C(=O)c1c(C)cc(=O)n(CC3CC3)c1C2=O.Cc1cc(=O)[nH]c2c1C(=O)c1c(C)cc(=O)n(CCC(C)(C)C)c1C2=O.Cc1cc(=O)[nH]c2c1C(=O)c1c(C)cc(=O)n(CCC3CC3)c1C2=O. The van der Waals surface area contributed by atoms with Crippen LogP contribution in [0.1, 0.15) is 315 Å². The molecule has 0 bridgehead atoms. The van der Waals surface area contributed by atoms with Crippen molar-refractivity contribution in [2.75, 3.05) is 0 Å². The highest BCUT2D eigenvalue weighted by molar-refractivity contribution is 6.31. The van der Waals surface area contributed by atoms with Gasteiger partial charge >= 0.3 is 0 Å². The second kappa shape index (κ2) is 31.3. The number of aromatic nitrogens is 10. The van der Waals surface area contributed by atoms with Crippen LogP contribution >= 0.6 is 0 Å². The molecule has 8 aliphatic rings. The highest BCUT2D eigenvalue weighted by Crippen LogP contribution is 2.41. The topological polar surface area (TPSA) is 445 Å². The molecular formula is C93H90N10O20. The van der Waals surface area contributed by atoms with Crippen LogP contribution in [-0.4, -0.2) is 106 Å². The maximum absolute atomic E-state index is 13.1. The van der Waals surface area contributed by atoms with Crippen molar-refractivity contribution < 1.29 is 47.9 Å². The Bertz CT molecular complexity index is 7200. The van der Waals surface area contributed by atoms with Crippen molar-refractivity contribution in [3.63, 3.8) is 0 Å². The number of carbonyl (C=O) groups excluding carboxylic acids is 10. The van der Waals surface area contributed by atoms with E-state index in [1.165, 1.54) is 83.5 Å². The van der Waals surface area contributed by atoms with Crippen molar-refractivity contribution in [1.29, 1.82) is 0 Å². The van der Waals surface area contributed by atoms with E-state index in [2.05, 4.69) is 24.9 Å². The third-order valence-corrected chi connectivity index (χ3v) is 23.4. The monoisotopic (exact) mass is 1670 g/mol. The first-order valence-corrected chi connectivity index (χ1v) is 40.6. The molecule has 0 amide bonds. The number of H-pyrrole nitrogens is 5. The van der Waals surface area contributed by atoms with Crippen molar-refractivity contribution in [2.45, 2.75) is 194 Å². The number of nitrogens with one attached hydrogen (secondary N) is 5. The Morgan fingerprint density at radius 2 is 0.520 bits per heavy atom. The lowest BCUT2D eigenvalue weighted by Gasteiger charge is -2.27. The van der Waals surface area contributed by atoms with Crippen LogP contribution in [0, 0.1) is 91.9 Å². The van der Waals surface area contributed by atoms with E-state index in [4.69, 9.17) is 0 Å². The molecule has 632 valence electrons. The van der Waals surface area contributed by atoms with Crippen molar-refractivity contribution in [3.8, 4) is 0 Å². The van der Waals surface area contributed by atoms with Crippen LogP contribution in [-0.2, 0) is 26.2 Å². The van der Waals surface area contributed by atoms with Crippen LogP contribution < -0.4 is 55.6 Å². The van der Waals surface area contributed by atoms with E-state index in [0.29, 0.717) is 100 Å². The van der Waals surface area contributed by atoms with Crippen molar-refractivity contribution in [1.82, 2.24) is 47.8 Å². The smallest absolute Gasteiger partial charge is 0.251 e. The minimum atomic E-state index is -0.490. The fourth-order valence-corrected chi connectivity index (χ4v) is 17.1. The van der Waals surface area contributed by atoms with Crippen molar-refractivity contribution >= 4 is 57.8 Å². The zero-order chi connectivity index (χ0) is 89.6. The van der Waals surface area contributed by atoms with Gasteiger partial charge in [0.05, 0.1) is 55.6 Å². The van der Waals surface area contributed by atoms with Gasteiger partial charge in [-0.15, -0.1) is 0 Å². The number of nitrogens with zero attached hydrogens (tertiary/aromatic N) is 5. The van der Waals surface area contributed by atoms with Gasteiger partial charge in [0.25, 0.3) is 27.8 Å². The molecule has 0 radical (unpaired) electrons. The largest absolute Gasteiger partial charge is 0.318 e. The van der Waals surface area contributed by atoms with Gasteiger partial charge < -0.3 is 47.8 Å². The second-order valence-corrected chi connectivity index (χ2v) is 35.7. The third-order valence-electron chi connectivity index (χ3n) is 23.4.